The summed E-state index contributed by atoms with van der Waals surface area (Å²) in [4.78, 5) is 24.7. The van der Waals surface area contributed by atoms with Crippen LogP contribution >= 0.6 is 0 Å². The predicted molar refractivity (Wildman–Crippen MR) is 127 cm³/mol. The van der Waals surface area contributed by atoms with E-state index < -0.39 is 23.7 Å². The summed E-state index contributed by atoms with van der Waals surface area (Å²) in [5, 5.41) is 11.9. The number of nitrogens with zero attached hydrogens (tertiary/aromatic N) is 2. The Hall–Kier alpha value is -4.20. The highest BCUT2D eigenvalue weighted by molar-refractivity contribution is 6.44. The molecule has 1 heterocycles. The van der Waals surface area contributed by atoms with Gasteiger partial charge in [-0.15, -0.1) is 0 Å². The quantitative estimate of drug-likeness (QED) is 0.511. The lowest BCUT2D eigenvalue weighted by Crippen LogP contribution is -2.39. The number of carbonyl (C=O) groups is 2. The second kappa shape index (κ2) is 9.52. The maximum absolute atomic E-state index is 13.2. The van der Waals surface area contributed by atoms with E-state index in [1.54, 1.807) is 12.1 Å². The van der Waals surface area contributed by atoms with Gasteiger partial charge in [-0.25, -0.2) is 4.39 Å². The molecule has 4 N–H and O–H groups in total. The first-order valence-electron chi connectivity index (χ1n) is 10.5. The lowest BCUT2D eigenvalue weighted by atomic mass is 10.1. The van der Waals surface area contributed by atoms with Gasteiger partial charge >= 0.3 is 0 Å². The molecule has 4 rings (SSSR count). The van der Waals surface area contributed by atoms with Crippen LogP contribution in [0.3, 0.4) is 0 Å². The number of hydrogen-bond donors (Lipinski definition) is 3. The Balaban J connectivity index is 1.42. The Kier molecular flexibility index (Phi) is 6.35. The number of hydrogen-bond acceptors (Lipinski definition) is 5. The first kappa shape index (κ1) is 22.0. The van der Waals surface area contributed by atoms with E-state index in [9.17, 15) is 14.0 Å². The van der Waals surface area contributed by atoms with E-state index in [1.165, 1.54) is 34.8 Å². The Bertz CT molecular complexity index is 1160. The molecule has 3 aromatic rings. The molecule has 0 radical (unpaired) electrons. The van der Waals surface area contributed by atoms with Crippen LogP contribution < -0.4 is 21.4 Å². The molecule has 168 valence electrons. The summed E-state index contributed by atoms with van der Waals surface area (Å²) in [6.07, 6.45) is 0.0623. The van der Waals surface area contributed by atoms with Crippen molar-refractivity contribution in [2.75, 3.05) is 15.6 Å². The number of benzene rings is 3. The predicted octanol–water partition coefficient (Wildman–Crippen LogP) is 4.06. The highest BCUT2D eigenvalue weighted by atomic mass is 19.1. The number of nitrogens with one attached hydrogen (secondary N) is 2. The zero-order chi connectivity index (χ0) is 23.4. The molecular formula is C25H24FN5O2. The van der Waals surface area contributed by atoms with Crippen LogP contribution in [0.25, 0.3) is 0 Å². The molecule has 1 aliphatic rings. The van der Waals surface area contributed by atoms with Gasteiger partial charge in [0.25, 0.3) is 5.91 Å². The molecule has 2 unspecified atom stereocenters. The van der Waals surface area contributed by atoms with Gasteiger partial charge in [0.15, 0.2) is 0 Å². The van der Waals surface area contributed by atoms with Crippen LogP contribution in [-0.2, 0) is 9.59 Å². The van der Waals surface area contributed by atoms with Crippen molar-refractivity contribution >= 4 is 34.6 Å². The summed E-state index contributed by atoms with van der Waals surface area (Å²) in [5.41, 5.74) is 8.83. The van der Waals surface area contributed by atoms with Gasteiger partial charge in [-0.3, -0.25) is 14.6 Å². The van der Waals surface area contributed by atoms with Gasteiger partial charge in [0.05, 0.1) is 5.69 Å². The number of hydrazone groups is 1. The van der Waals surface area contributed by atoms with Crippen LogP contribution in [0.1, 0.15) is 24.9 Å². The molecule has 0 spiro atoms. The Morgan fingerprint density at radius 3 is 2.27 bits per heavy atom. The molecule has 33 heavy (non-hydrogen) atoms. The van der Waals surface area contributed by atoms with Gasteiger partial charge in [0.2, 0.25) is 5.91 Å². The first-order chi connectivity index (χ1) is 15.9. The Morgan fingerprint density at radius 1 is 1.00 bits per heavy atom. The van der Waals surface area contributed by atoms with Crippen molar-refractivity contribution in [3.63, 3.8) is 0 Å². The second-order valence-corrected chi connectivity index (χ2v) is 7.80. The van der Waals surface area contributed by atoms with Crippen molar-refractivity contribution in [1.82, 2.24) is 0 Å². The minimum atomic E-state index is -0.817. The molecule has 0 saturated heterocycles. The van der Waals surface area contributed by atoms with Crippen LogP contribution in [-0.4, -0.2) is 23.6 Å². The first-order valence-corrected chi connectivity index (χ1v) is 10.5. The second-order valence-electron chi connectivity index (χ2n) is 7.80. The van der Waals surface area contributed by atoms with Gasteiger partial charge in [-0.1, -0.05) is 30.3 Å². The van der Waals surface area contributed by atoms with Gasteiger partial charge in [-0.2, -0.15) is 5.10 Å². The molecule has 8 heteroatoms. The minimum Gasteiger partial charge on any atom is -0.379 e. The minimum absolute atomic E-state index is 0.0623. The third-order valence-electron chi connectivity index (χ3n) is 5.42. The largest absolute Gasteiger partial charge is 0.379 e. The average molecular weight is 445 g/mol. The van der Waals surface area contributed by atoms with E-state index >= 15 is 0 Å². The van der Waals surface area contributed by atoms with E-state index in [0.29, 0.717) is 11.4 Å². The van der Waals surface area contributed by atoms with E-state index in [0.717, 1.165) is 5.69 Å². The summed E-state index contributed by atoms with van der Waals surface area (Å²) in [6, 6.07) is 22.2. The van der Waals surface area contributed by atoms with Crippen LogP contribution in [0, 0.1) is 5.82 Å². The standard InChI is InChI=1S/C25H24FN5O2/c1-16(17-5-3-2-4-6-17)28-19-9-11-20(12-10-19)29-25(33)22-15-23(24(27)32)31(30-22)21-13-7-18(26)8-14-21/h2-14,16,23,28H,15H2,1H3,(H2,27,32)(H,29,33). The lowest BCUT2D eigenvalue weighted by molar-refractivity contribution is -0.119. The van der Waals surface area contributed by atoms with Crippen LogP contribution in [0.4, 0.5) is 21.5 Å². The summed E-state index contributed by atoms with van der Waals surface area (Å²) in [5.74, 6) is -1.45. The summed E-state index contributed by atoms with van der Waals surface area (Å²) >= 11 is 0. The van der Waals surface area contributed by atoms with Gasteiger partial charge < -0.3 is 16.4 Å². The van der Waals surface area contributed by atoms with Crippen molar-refractivity contribution in [2.24, 2.45) is 10.8 Å². The number of nitrogens with two attached hydrogens (primary N) is 1. The fourth-order valence-corrected chi connectivity index (χ4v) is 3.63. The molecule has 1 aliphatic heterocycles. The van der Waals surface area contributed by atoms with E-state index in [-0.39, 0.29) is 18.2 Å². The van der Waals surface area contributed by atoms with Crippen molar-refractivity contribution < 1.29 is 14.0 Å². The molecule has 2 amide bonds. The highest BCUT2D eigenvalue weighted by Gasteiger charge is 2.35. The SMILES string of the molecule is CC(Nc1ccc(NC(=O)C2=NN(c3ccc(F)cc3)C(C(N)=O)C2)cc1)c1ccccc1. The molecule has 0 fully saturated rings. The molecule has 0 aromatic heterocycles. The zero-order valence-electron chi connectivity index (χ0n) is 18.0. The number of primary amides is 1. The van der Waals surface area contributed by atoms with Crippen molar-refractivity contribution in [1.29, 1.82) is 0 Å². The Morgan fingerprint density at radius 2 is 1.64 bits per heavy atom. The molecule has 0 saturated carbocycles. The summed E-state index contributed by atoms with van der Waals surface area (Å²) in [6.45, 7) is 2.07. The van der Waals surface area contributed by atoms with Crippen LogP contribution in [0.5, 0.6) is 0 Å². The topological polar surface area (TPSA) is 99.8 Å². The number of anilines is 3. The van der Waals surface area contributed by atoms with Crippen molar-refractivity contribution in [3.05, 3.63) is 90.2 Å². The van der Waals surface area contributed by atoms with Crippen LogP contribution in [0.2, 0.25) is 0 Å². The van der Waals surface area contributed by atoms with E-state index in [2.05, 4.69) is 34.8 Å². The number of carbonyl (C=O) groups excluding carboxylic acids is 2. The maximum atomic E-state index is 13.2. The van der Waals surface area contributed by atoms with Crippen LogP contribution in [0.15, 0.2) is 84.0 Å². The highest BCUT2D eigenvalue weighted by Crippen LogP contribution is 2.26. The van der Waals surface area contributed by atoms with Gasteiger partial charge in [-0.05, 0) is 61.0 Å². The summed E-state index contributed by atoms with van der Waals surface area (Å²) < 4.78 is 13.2. The monoisotopic (exact) mass is 445 g/mol. The average Bonchev–Trinajstić information content (AvgIpc) is 3.27. The Labute approximate surface area is 191 Å². The molecular weight excluding hydrogens is 421 g/mol. The smallest absolute Gasteiger partial charge is 0.271 e. The fraction of sp³-hybridized carbons (Fsp3) is 0.160. The molecule has 7 nitrogen and oxygen atoms in total. The normalized spacial score (nSPS) is 16.1. The van der Waals surface area contributed by atoms with Gasteiger partial charge in [0, 0.05) is 23.8 Å². The fourth-order valence-electron chi connectivity index (χ4n) is 3.63. The lowest BCUT2D eigenvalue weighted by Gasteiger charge is -2.20. The van der Waals surface area contributed by atoms with Crippen molar-refractivity contribution in [3.8, 4) is 0 Å². The number of amides is 2. The number of halogens is 1. The summed E-state index contributed by atoms with van der Waals surface area (Å²) in [7, 11) is 0. The van der Waals surface area contributed by atoms with E-state index in [4.69, 9.17) is 5.73 Å². The maximum Gasteiger partial charge on any atom is 0.271 e. The molecule has 0 bridgehead atoms. The molecule has 3 aromatic carbocycles. The zero-order valence-corrected chi connectivity index (χ0v) is 18.0. The van der Waals surface area contributed by atoms with E-state index in [1.807, 2.05) is 30.3 Å². The molecule has 2 atom stereocenters. The van der Waals surface area contributed by atoms with Crippen molar-refractivity contribution in [2.45, 2.75) is 25.4 Å². The third-order valence-corrected chi connectivity index (χ3v) is 5.42. The third kappa shape index (κ3) is 5.17. The number of rotatable bonds is 7. The van der Waals surface area contributed by atoms with Gasteiger partial charge in [0.1, 0.15) is 17.6 Å². The molecule has 0 aliphatic carbocycles.